The molecule has 112 valence electrons. The molecule has 0 bridgehead atoms. The average molecular weight is 329 g/mol. The van der Waals surface area contributed by atoms with Gasteiger partial charge in [-0.2, -0.15) is 9.57 Å². The number of hydrogen-bond acceptors (Lipinski definition) is 4. The number of carbonyl (C=O) groups is 1. The Labute approximate surface area is 127 Å². The van der Waals surface area contributed by atoms with E-state index in [0.717, 1.165) is 4.31 Å². The number of nitriles is 1. The van der Waals surface area contributed by atoms with E-state index in [9.17, 15) is 13.2 Å². The molecule has 1 aliphatic heterocycles. The van der Waals surface area contributed by atoms with Gasteiger partial charge in [0.1, 0.15) is 6.07 Å². The first-order valence-corrected chi connectivity index (χ1v) is 8.10. The maximum Gasteiger partial charge on any atom is 0.307 e. The van der Waals surface area contributed by atoms with Gasteiger partial charge >= 0.3 is 5.97 Å². The number of rotatable bonds is 3. The zero-order valence-electron chi connectivity index (χ0n) is 11.0. The van der Waals surface area contributed by atoms with E-state index < -0.39 is 21.9 Å². The molecule has 0 amide bonds. The second-order valence-corrected chi connectivity index (χ2v) is 7.14. The van der Waals surface area contributed by atoms with Crippen molar-refractivity contribution in [3.63, 3.8) is 0 Å². The molecule has 1 N–H and O–H groups in total. The van der Waals surface area contributed by atoms with Crippen LogP contribution in [0, 0.1) is 17.2 Å². The summed E-state index contributed by atoms with van der Waals surface area (Å²) in [6.07, 6.45) is 0.968. The highest BCUT2D eigenvalue weighted by Gasteiger charge is 2.33. The normalized spacial score (nSPS) is 19.9. The molecule has 21 heavy (non-hydrogen) atoms. The van der Waals surface area contributed by atoms with Crippen LogP contribution >= 0.6 is 11.6 Å². The third kappa shape index (κ3) is 3.18. The van der Waals surface area contributed by atoms with Crippen molar-refractivity contribution in [3.05, 3.63) is 28.8 Å². The summed E-state index contributed by atoms with van der Waals surface area (Å²) in [5.74, 6) is -1.69. The van der Waals surface area contributed by atoms with Crippen molar-refractivity contribution in [2.24, 2.45) is 5.92 Å². The maximum absolute atomic E-state index is 12.5. The van der Waals surface area contributed by atoms with Gasteiger partial charge in [-0.3, -0.25) is 4.79 Å². The van der Waals surface area contributed by atoms with E-state index in [0.29, 0.717) is 12.8 Å². The van der Waals surface area contributed by atoms with E-state index in [1.807, 2.05) is 6.07 Å². The molecule has 1 fully saturated rings. The molecular formula is C13H13ClN2O4S. The van der Waals surface area contributed by atoms with E-state index in [-0.39, 0.29) is 28.6 Å². The van der Waals surface area contributed by atoms with Gasteiger partial charge < -0.3 is 5.11 Å². The van der Waals surface area contributed by atoms with Crippen LogP contribution in [0.3, 0.4) is 0 Å². The average Bonchev–Trinajstić information content (AvgIpc) is 2.47. The first-order valence-electron chi connectivity index (χ1n) is 6.29. The third-order valence-corrected chi connectivity index (χ3v) is 5.61. The molecule has 2 rings (SSSR count). The molecule has 1 atom stereocenters. The molecule has 1 aromatic carbocycles. The Morgan fingerprint density at radius 3 is 2.76 bits per heavy atom. The largest absolute Gasteiger partial charge is 0.481 e. The summed E-state index contributed by atoms with van der Waals surface area (Å²) in [4.78, 5) is 11.0. The van der Waals surface area contributed by atoms with E-state index in [1.165, 1.54) is 18.2 Å². The van der Waals surface area contributed by atoms with Gasteiger partial charge in [0.15, 0.2) is 0 Å². The number of carboxylic acid groups (broad SMARTS) is 1. The van der Waals surface area contributed by atoms with Crippen LogP contribution in [0.25, 0.3) is 0 Å². The van der Waals surface area contributed by atoms with Crippen LogP contribution in [0.2, 0.25) is 5.02 Å². The Bertz CT molecular complexity index is 711. The van der Waals surface area contributed by atoms with Crippen LogP contribution in [0.4, 0.5) is 0 Å². The summed E-state index contributed by atoms with van der Waals surface area (Å²) < 4.78 is 26.2. The highest BCUT2D eigenvalue weighted by Crippen LogP contribution is 2.26. The van der Waals surface area contributed by atoms with E-state index in [2.05, 4.69) is 0 Å². The number of aliphatic carboxylic acids is 1. The number of nitrogens with zero attached hydrogens (tertiary/aromatic N) is 2. The lowest BCUT2D eigenvalue weighted by Gasteiger charge is -2.29. The van der Waals surface area contributed by atoms with Gasteiger partial charge in [0.05, 0.1) is 21.4 Å². The molecule has 1 aromatic rings. The molecule has 0 radical (unpaired) electrons. The van der Waals surface area contributed by atoms with Gasteiger partial charge in [-0.05, 0) is 31.0 Å². The second kappa shape index (κ2) is 6.02. The lowest BCUT2D eigenvalue weighted by Crippen LogP contribution is -2.42. The maximum atomic E-state index is 12.5. The summed E-state index contributed by atoms with van der Waals surface area (Å²) >= 11 is 5.85. The lowest BCUT2D eigenvalue weighted by molar-refractivity contribution is -0.142. The molecule has 0 spiro atoms. The SMILES string of the molecule is N#Cc1ccc(S(=O)(=O)N2CCCC(C(=O)O)C2)cc1Cl. The fourth-order valence-electron chi connectivity index (χ4n) is 2.26. The smallest absolute Gasteiger partial charge is 0.307 e. The van der Waals surface area contributed by atoms with E-state index >= 15 is 0 Å². The summed E-state index contributed by atoms with van der Waals surface area (Å²) in [5.41, 5.74) is 0.192. The molecule has 0 aromatic heterocycles. The van der Waals surface area contributed by atoms with Crippen molar-refractivity contribution < 1.29 is 18.3 Å². The minimum atomic E-state index is -3.80. The van der Waals surface area contributed by atoms with Gasteiger partial charge in [0, 0.05) is 13.1 Å². The molecule has 1 unspecified atom stereocenters. The van der Waals surface area contributed by atoms with Gasteiger partial charge in [0.25, 0.3) is 0 Å². The number of sulfonamides is 1. The molecule has 1 heterocycles. The van der Waals surface area contributed by atoms with Crippen LogP contribution in [-0.4, -0.2) is 36.9 Å². The third-order valence-electron chi connectivity index (χ3n) is 3.43. The highest BCUT2D eigenvalue weighted by molar-refractivity contribution is 7.89. The summed E-state index contributed by atoms with van der Waals surface area (Å²) in [6.45, 7) is 0.235. The predicted octanol–water partition coefficient (Wildman–Crippen LogP) is 1.70. The Morgan fingerprint density at radius 1 is 1.48 bits per heavy atom. The molecule has 1 aliphatic rings. The monoisotopic (exact) mass is 328 g/mol. The Kier molecular flexibility index (Phi) is 4.52. The zero-order valence-corrected chi connectivity index (χ0v) is 12.6. The zero-order chi connectivity index (χ0) is 15.6. The Balaban J connectivity index is 2.32. The first kappa shape index (κ1) is 15.8. The molecule has 0 aliphatic carbocycles. The van der Waals surface area contributed by atoms with Gasteiger partial charge in [-0.15, -0.1) is 0 Å². The fraction of sp³-hybridized carbons (Fsp3) is 0.385. The number of benzene rings is 1. The minimum absolute atomic E-state index is 0.0301. The van der Waals surface area contributed by atoms with Crippen molar-refractivity contribution in [1.29, 1.82) is 5.26 Å². The minimum Gasteiger partial charge on any atom is -0.481 e. The second-order valence-electron chi connectivity index (χ2n) is 4.79. The van der Waals surface area contributed by atoms with Crippen LogP contribution in [0.15, 0.2) is 23.1 Å². The number of carboxylic acids is 1. The topological polar surface area (TPSA) is 98.5 Å². The number of piperidine rings is 1. The molecule has 1 saturated heterocycles. The van der Waals surface area contributed by atoms with Crippen molar-refractivity contribution >= 4 is 27.6 Å². The molecular weight excluding hydrogens is 316 g/mol. The van der Waals surface area contributed by atoms with Crippen LogP contribution in [-0.2, 0) is 14.8 Å². The summed E-state index contributed by atoms with van der Waals surface area (Å²) in [5, 5.41) is 17.9. The van der Waals surface area contributed by atoms with Crippen molar-refractivity contribution in [2.75, 3.05) is 13.1 Å². The van der Waals surface area contributed by atoms with Gasteiger partial charge in [0.2, 0.25) is 10.0 Å². The summed E-state index contributed by atoms with van der Waals surface area (Å²) in [7, 11) is -3.80. The molecule has 8 heteroatoms. The van der Waals surface area contributed by atoms with Crippen molar-refractivity contribution in [1.82, 2.24) is 4.31 Å². The number of hydrogen-bond donors (Lipinski definition) is 1. The first-order chi connectivity index (χ1) is 9.86. The molecule has 0 saturated carbocycles. The van der Waals surface area contributed by atoms with Gasteiger partial charge in [-0.1, -0.05) is 11.6 Å². The summed E-state index contributed by atoms with van der Waals surface area (Å²) in [6, 6.07) is 5.73. The highest BCUT2D eigenvalue weighted by atomic mass is 35.5. The number of halogens is 1. The van der Waals surface area contributed by atoms with Crippen LogP contribution < -0.4 is 0 Å². The molecule has 6 nitrogen and oxygen atoms in total. The van der Waals surface area contributed by atoms with Crippen molar-refractivity contribution in [3.8, 4) is 6.07 Å². The quantitative estimate of drug-likeness (QED) is 0.910. The van der Waals surface area contributed by atoms with E-state index in [4.69, 9.17) is 22.0 Å². The van der Waals surface area contributed by atoms with Crippen LogP contribution in [0.1, 0.15) is 18.4 Å². The van der Waals surface area contributed by atoms with E-state index in [1.54, 1.807) is 0 Å². The predicted molar refractivity (Wildman–Crippen MR) is 75.3 cm³/mol. The van der Waals surface area contributed by atoms with Crippen molar-refractivity contribution in [2.45, 2.75) is 17.7 Å². The van der Waals surface area contributed by atoms with Gasteiger partial charge in [-0.25, -0.2) is 8.42 Å². The van der Waals surface area contributed by atoms with Crippen LogP contribution in [0.5, 0.6) is 0 Å². The Hall–Kier alpha value is -1.62. The Morgan fingerprint density at radius 2 is 2.19 bits per heavy atom. The fourth-order valence-corrected chi connectivity index (χ4v) is 4.10. The standard InChI is InChI=1S/C13H13ClN2O4S/c14-12-6-11(4-3-9(12)7-15)21(19,20)16-5-1-2-10(8-16)13(17)18/h3-4,6,10H,1-2,5,8H2,(H,17,18). The lowest BCUT2D eigenvalue weighted by atomic mass is 10.0.